The molecule has 41 heavy (non-hydrogen) atoms. The van der Waals surface area contributed by atoms with Crippen LogP contribution in [0.4, 0.5) is 0 Å². The lowest BCUT2D eigenvalue weighted by atomic mass is 10.1. The van der Waals surface area contributed by atoms with Gasteiger partial charge in [0.2, 0.25) is 0 Å². The molecule has 2 atom stereocenters. The van der Waals surface area contributed by atoms with Gasteiger partial charge in [0, 0.05) is 23.8 Å². The molecule has 9 nitrogen and oxygen atoms in total. The van der Waals surface area contributed by atoms with E-state index >= 15 is 0 Å². The fraction of sp³-hybridized carbons (Fsp3) is 0.0968. The van der Waals surface area contributed by atoms with Gasteiger partial charge in [-0.15, -0.1) is 0 Å². The van der Waals surface area contributed by atoms with Gasteiger partial charge in [-0.1, -0.05) is 78.9 Å². The summed E-state index contributed by atoms with van der Waals surface area (Å²) in [6.07, 6.45) is 0.122. The average Bonchev–Trinajstić information content (AvgIpc) is 2.97. The zero-order chi connectivity index (χ0) is 28.8. The maximum Gasteiger partial charge on any atom is 0.513 e. The highest BCUT2D eigenvalue weighted by atomic mass is 31.2. The fourth-order valence-corrected chi connectivity index (χ4v) is 5.74. The quantitative estimate of drug-likeness (QED) is 0.151. The van der Waals surface area contributed by atoms with E-state index in [1.54, 1.807) is 54.6 Å². The van der Waals surface area contributed by atoms with E-state index in [1.807, 2.05) is 36.4 Å². The average molecular weight is 572 g/mol. The Morgan fingerprint density at radius 3 is 2.15 bits per heavy atom. The first-order valence-corrected chi connectivity index (χ1v) is 14.2. The second kappa shape index (κ2) is 12.1. The van der Waals surface area contributed by atoms with Crippen LogP contribution in [0.15, 0.2) is 118 Å². The first-order valence-electron chi connectivity index (χ1n) is 12.6. The summed E-state index contributed by atoms with van der Waals surface area (Å²) < 4.78 is 36.7. The van der Waals surface area contributed by atoms with Crippen molar-refractivity contribution in [3.8, 4) is 28.6 Å². The number of phenolic OH excluding ortho intramolecular Hbond substituents is 1. The number of fused-ring (bicyclic) bond motifs is 1. The van der Waals surface area contributed by atoms with E-state index in [-0.39, 0.29) is 34.6 Å². The highest BCUT2D eigenvalue weighted by molar-refractivity contribution is 7.52. The predicted molar refractivity (Wildman–Crippen MR) is 154 cm³/mol. The summed E-state index contributed by atoms with van der Waals surface area (Å²) >= 11 is 0. The third-order valence-corrected chi connectivity index (χ3v) is 7.65. The van der Waals surface area contributed by atoms with Gasteiger partial charge in [-0.3, -0.25) is 9.59 Å². The van der Waals surface area contributed by atoms with Crippen molar-refractivity contribution >= 4 is 24.7 Å². The number of phenols is 1. The molecule has 0 saturated heterocycles. The van der Waals surface area contributed by atoms with Crippen LogP contribution in [0.1, 0.15) is 5.56 Å². The van der Waals surface area contributed by atoms with Crippen molar-refractivity contribution in [3.05, 3.63) is 125 Å². The molecule has 10 heteroatoms. The summed E-state index contributed by atoms with van der Waals surface area (Å²) in [6, 6.07) is 29.0. The summed E-state index contributed by atoms with van der Waals surface area (Å²) in [4.78, 5) is 25.6. The van der Waals surface area contributed by atoms with Crippen LogP contribution in [-0.4, -0.2) is 24.2 Å². The molecule has 5 aromatic rings. The molecule has 5 rings (SSSR count). The number of methoxy groups -OCH3 is 1. The molecule has 0 bridgehead atoms. The first-order chi connectivity index (χ1) is 19.8. The zero-order valence-electron chi connectivity index (χ0n) is 21.9. The molecule has 0 aliphatic rings. The summed E-state index contributed by atoms with van der Waals surface area (Å²) in [6.45, 7) is 0. The number of nitrogens with one attached hydrogen (secondary N) is 1. The lowest BCUT2D eigenvalue weighted by Crippen LogP contribution is -2.39. The standard InChI is InChI=1S/C31H26NO8P/c1-37-31(35)25(17-21-11-5-2-6-12-21)32-41(36,39-23-15-9-4-10-16-23)40-24-18-26(33)30-27(34)20-28(38-29(30)19-24)22-13-7-3-8-14-22/h2-16,18-20,25,33H,17H2,1H3,(H,32,36)/t25-,41?/m0/s1. The third-order valence-electron chi connectivity index (χ3n) is 6.12. The van der Waals surface area contributed by atoms with E-state index in [4.69, 9.17) is 18.2 Å². The largest absolute Gasteiger partial charge is 0.513 e. The van der Waals surface area contributed by atoms with Crippen molar-refractivity contribution in [2.75, 3.05) is 7.11 Å². The van der Waals surface area contributed by atoms with E-state index < -0.39 is 30.9 Å². The second-order valence-electron chi connectivity index (χ2n) is 9.04. The molecule has 2 N–H and O–H groups in total. The van der Waals surface area contributed by atoms with Crippen LogP contribution in [0, 0.1) is 0 Å². The summed E-state index contributed by atoms with van der Waals surface area (Å²) in [5.74, 6) is -0.775. The number of esters is 1. The van der Waals surface area contributed by atoms with Crippen LogP contribution < -0.4 is 19.6 Å². The van der Waals surface area contributed by atoms with E-state index in [9.17, 15) is 19.3 Å². The number of para-hydroxylation sites is 1. The molecule has 1 aromatic heterocycles. The van der Waals surface area contributed by atoms with Crippen LogP contribution in [0.25, 0.3) is 22.3 Å². The van der Waals surface area contributed by atoms with Crippen LogP contribution in [0.3, 0.4) is 0 Å². The van der Waals surface area contributed by atoms with Crippen molar-refractivity contribution in [2.45, 2.75) is 12.5 Å². The van der Waals surface area contributed by atoms with Crippen LogP contribution >= 0.6 is 7.75 Å². The topological polar surface area (TPSA) is 124 Å². The fourth-order valence-electron chi connectivity index (χ4n) is 4.24. The van der Waals surface area contributed by atoms with Crippen LogP contribution in [-0.2, 0) is 20.5 Å². The minimum absolute atomic E-state index is 0.00594. The van der Waals surface area contributed by atoms with Gasteiger partial charge >= 0.3 is 13.7 Å². The number of hydrogen-bond acceptors (Lipinski definition) is 8. The van der Waals surface area contributed by atoms with Crippen molar-refractivity contribution in [1.82, 2.24) is 5.09 Å². The number of benzene rings is 4. The Bertz CT molecular complexity index is 1760. The molecule has 208 valence electrons. The number of rotatable bonds is 10. The molecule has 1 unspecified atom stereocenters. The Kier molecular flexibility index (Phi) is 8.19. The van der Waals surface area contributed by atoms with Crippen LogP contribution in [0.5, 0.6) is 17.2 Å². The zero-order valence-corrected chi connectivity index (χ0v) is 22.8. The smallest absolute Gasteiger partial charge is 0.507 e. The summed E-state index contributed by atoms with van der Waals surface area (Å²) in [5, 5.41) is 13.4. The maximum absolute atomic E-state index is 14.2. The Balaban J connectivity index is 1.54. The maximum atomic E-state index is 14.2. The normalized spacial score (nSPS) is 13.2. The molecule has 1 heterocycles. The summed E-state index contributed by atoms with van der Waals surface area (Å²) in [7, 11) is -3.16. The lowest BCUT2D eigenvalue weighted by molar-refractivity contribution is -0.142. The molecule has 0 aliphatic carbocycles. The monoisotopic (exact) mass is 571 g/mol. The number of hydrogen-bond donors (Lipinski definition) is 2. The molecule has 0 amide bonds. The minimum Gasteiger partial charge on any atom is -0.507 e. The van der Waals surface area contributed by atoms with Gasteiger partial charge < -0.3 is 23.3 Å². The predicted octanol–water partition coefficient (Wildman–Crippen LogP) is 6.11. The van der Waals surface area contributed by atoms with Crippen molar-refractivity contribution in [1.29, 1.82) is 0 Å². The highest BCUT2D eigenvalue weighted by Gasteiger charge is 2.36. The Morgan fingerprint density at radius 2 is 1.49 bits per heavy atom. The van der Waals surface area contributed by atoms with E-state index in [2.05, 4.69) is 5.09 Å². The van der Waals surface area contributed by atoms with Crippen molar-refractivity contribution in [2.24, 2.45) is 0 Å². The minimum atomic E-state index is -4.38. The number of aromatic hydroxyl groups is 1. The van der Waals surface area contributed by atoms with Gasteiger partial charge in [-0.05, 0) is 24.1 Å². The highest BCUT2D eigenvalue weighted by Crippen LogP contribution is 2.47. The molecule has 0 spiro atoms. The van der Waals surface area contributed by atoms with Crippen molar-refractivity contribution < 1.29 is 32.7 Å². The van der Waals surface area contributed by atoms with Gasteiger partial charge in [-0.25, -0.2) is 4.57 Å². The third kappa shape index (κ3) is 6.66. The summed E-state index contributed by atoms with van der Waals surface area (Å²) in [5.41, 5.74) is 0.968. The molecule has 0 radical (unpaired) electrons. The van der Waals surface area contributed by atoms with Gasteiger partial charge in [-0.2, -0.15) is 5.09 Å². The van der Waals surface area contributed by atoms with Gasteiger partial charge in [0.1, 0.15) is 40.0 Å². The first kappa shape index (κ1) is 27.7. The molecular weight excluding hydrogens is 545 g/mol. The molecule has 4 aromatic carbocycles. The number of carbonyl (C=O) groups is 1. The number of carbonyl (C=O) groups excluding carboxylic acids is 1. The van der Waals surface area contributed by atoms with Crippen LogP contribution in [0.2, 0.25) is 0 Å². The van der Waals surface area contributed by atoms with Gasteiger partial charge in [0.15, 0.2) is 5.43 Å². The lowest BCUT2D eigenvalue weighted by Gasteiger charge is -2.24. The van der Waals surface area contributed by atoms with E-state index in [0.29, 0.717) is 5.56 Å². The Hall–Kier alpha value is -4.85. The number of ether oxygens (including phenoxy) is 1. The van der Waals surface area contributed by atoms with E-state index in [1.165, 1.54) is 19.2 Å². The molecule has 0 saturated carbocycles. The molecular formula is C31H26NO8P. The molecule has 0 fully saturated rings. The Morgan fingerprint density at radius 1 is 0.878 bits per heavy atom. The Labute approximate surface area is 235 Å². The second-order valence-corrected chi connectivity index (χ2v) is 10.7. The van der Waals surface area contributed by atoms with Gasteiger partial charge in [0.25, 0.3) is 0 Å². The van der Waals surface area contributed by atoms with Gasteiger partial charge in [0.05, 0.1) is 7.11 Å². The van der Waals surface area contributed by atoms with E-state index in [0.717, 1.165) is 11.6 Å². The SMILES string of the molecule is COC(=O)[C@H](Cc1ccccc1)NP(=O)(Oc1ccccc1)Oc1cc(O)c2c(=O)cc(-c3ccccc3)oc2c1. The molecule has 0 aliphatic heterocycles. The van der Waals surface area contributed by atoms with Crippen molar-refractivity contribution in [3.63, 3.8) is 0 Å².